The number of thiocarbonyl (C=S) groups is 1. The number of non-ortho nitro benzene ring substituents is 2. The van der Waals surface area contributed by atoms with Gasteiger partial charge in [-0.05, 0) is 74.3 Å². The number of hydrogen-bond acceptors (Lipinski definition) is 16. The van der Waals surface area contributed by atoms with Crippen molar-refractivity contribution >= 4 is 70.2 Å². The van der Waals surface area contributed by atoms with E-state index < -0.39 is 100 Å². The van der Waals surface area contributed by atoms with Crippen molar-refractivity contribution in [3.8, 4) is 0 Å². The first-order valence-electron chi connectivity index (χ1n) is 24.8. The predicted octanol–water partition coefficient (Wildman–Crippen LogP) is 6.28. The molecule has 0 saturated carbocycles. The van der Waals surface area contributed by atoms with E-state index in [0.717, 1.165) is 14.7 Å². The third-order valence-electron chi connectivity index (χ3n) is 12.6. The summed E-state index contributed by atoms with van der Waals surface area (Å²) in [5, 5.41) is 23.0. The first-order valence-corrected chi connectivity index (χ1v) is 25.2. The second kappa shape index (κ2) is 27.6. The zero-order valence-corrected chi connectivity index (χ0v) is 45.8. The fourth-order valence-electron chi connectivity index (χ4n) is 8.42. The quantitative estimate of drug-likeness (QED) is 0.0663. The number of ether oxygens (including phenoxy) is 4. The standard InChI is InChI=1S/C52H74N6O15S/c1-29(2)23-39-49(62)70-33(9)45(59)53(11)41(25-31(5)6)51(64)72-43(27-35-15-19-37(20-16-35)57(66)67)46(60)55(13)40(24-30(3)4)50(63)71-34(10)48(74)56(14)42(26-32(7)8)52(65)73-44(47(61)54(39)12)28-36-17-21-38(22-18-36)58(68)69/h15-22,29-34,39-44H,23-28H2,1-14H3/t33-,34-,39+,40+,41+,42+,43-,44-/m0/s1. The van der Waals surface area contributed by atoms with Crippen molar-refractivity contribution in [3.63, 3.8) is 0 Å². The number of rotatable bonds is 14. The van der Waals surface area contributed by atoms with Crippen LogP contribution in [0.15, 0.2) is 48.5 Å². The van der Waals surface area contributed by atoms with Crippen LogP contribution in [-0.2, 0) is 65.4 Å². The number of esters is 4. The third-order valence-corrected chi connectivity index (χ3v) is 13.2. The van der Waals surface area contributed by atoms with E-state index in [2.05, 4.69) is 0 Å². The second-order valence-corrected chi connectivity index (χ2v) is 21.1. The Labute approximate surface area is 438 Å². The molecule has 1 aliphatic rings. The summed E-state index contributed by atoms with van der Waals surface area (Å²) in [7, 11) is 5.49. The summed E-state index contributed by atoms with van der Waals surface area (Å²) in [6, 6.07) is 5.41. The Hall–Kier alpha value is -6.58. The molecule has 1 aliphatic heterocycles. The molecular formula is C52H74N6O15S. The minimum Gasteiger partial charge on any atom is -0.454 e. The van der Waals surface area contributed by atoms with Crippen LogP contribution in [0.5, 0.6) is 0 Å². The van der Waals surface area contributed by atoms with E-state index in [1.165, 1.54) is 95.5 Å². The van der Waals surface area contributed by atoms with E-state index in [0.29, 0.717) is 11.1 Å². The maximum Gasteiger partial charge on any atom is 0.329 e. The maximum absolute atomic E-state index is 14.8. The van der Waals surface area contributed by atoms with Gasteiger partial charge in [0.05, 0.1) is 9.85 Å². The van der Waals surface area contributed by atoms with Crippen LogP contribution in [0.4, 0.5) is 11.4 Å². The lowest BCUT2D eigenvalue weighted by atomic mass is 10.00. The van der Waals surface area contributed by atoms with Gasteiger partial charge in [0.25, 0.3) is 29.1 Å². The van der Waals surface area contributed by atoms with Gasteiger partial charge in [-0.25, -0.2) is 19.2 Å². The molecule has 408 valence electrons. The lowest BCUT2D eigenvalue weighted by Gasteiger charge is -2.36. The number of carbonyl (C=O) groups is 7. The van der Waals surface area contributed by atoms with Crippen LogP contribution in [0.1, 0.15) is 106 Å². The number of nitro benzene ring substituents is 2. The van der Waals surface area contributed by atoms with Gasteiger partial charge in [0, 0.05) is 65.3 Å². The van der Waals surface area contributed by atoms with E-state index in [9.17, 15) is 53.8 Å². The van der Waals surface area contributed by atoms with Gasteiger partial charge in [0.2, 0.25) is 0 Å². The number of hydrogen-bond donors (Lipinski definition) is 0. The molecule has 0 spiro atoms. The van der Waals surface area contributed by atoms with Crippen LogP contribution in [0.25, 0.3) is 0 Å². The van der Waals surface area contributed by atoms with Crippen LogP contribution in [0, 0.1) is 43.9 Å². The molecule has 3 rings (SSSR count). The van der Waals surface area contributed by atoms with Gasteiger partial charge >= 0.3 is 23.9 Å². The highest BCUT2D eigenvalue weighted by Crippen LogP contribution is 2.25. The summed E-state index contributed by atoms with van der Waals surface area (Å²) in [4.78, 5) is 128. The number of cyclic esters (lactones) is 4. The SMILES string of the molecule is CC(C)C[C@@H]1C(=O)O[C@@H](Cc2ccc([N+](=O)[O-])cc2)C(=O)N(C)[C@H](CC(C)C)C(=O)O[C@@H](C)C(=S)N(C)[C@H](CC(C)C)C(=O)O[C@@H](Cc2ccc([N+](=O)[O-])cc2)C(=O)N(C)[C@H](CC(C)C)C(=O)O[C@@H](C)C(=O)N1C. The van der Waals surface area contributed by atoms with E-state index in [4.69, 9.17) is 31.2 Å². The number of nitro groups is 2. The molecule has 0 aromatic heterocycles. The van der Waals surface area contributed by atoms with E-state index in [1.54, 1.807) is 27.7 Å². The van der Waals surface area contributed by atoms with Gasteiger partial charge in [-0.2, -0.15) is 0 Å². The summed E-state index contributed by atoms with van der Waals surface area (Å²) in [5.41, 5.74) is 0.302. The lowest BCUT2D eigenvalue weighted by molar-refractivity contribution is -0.385. The summed E-state index contributed by atoms with van der Waals surface area (Å²) < 4.78 is 23.9. The zero-order chi connectivity index (χ0) is 56.0. The molecule has 0 radical (unpaired) electrons. The fourth-order valence-corrected chi connectivity index (χ4v) is 8.59. The molecule has 0 bridgehead atoms. The van der Waals surface area contributed by atoms with Crippen molar-refractivity contribution in [1.82, 2.24) is 19.6 Å². The number of carbonyl (C=O) groups excluding carboxylic acids is 7. The highest BCUT2D eigenvalue weighted by molar-refractivity contribution is 7.80. The highest BCUT2D eigenvalue weighted by Gasteiger charge is 2.42. The van der Waals surface area contributed by atoms with E-state index in [-0.39, 0.29) is 78.6 Å². The van der Waals surface area contributed by atoms with Gasteiger partial charge in [0.1, 0.15) is 35.3 Å². The Morgan fingerprint density at radius 2 is 0.730 bits per heavy atom. The first-order chi connectivity index (χ1) is 34.4. The summed E-state index contributed by atoms with van der Waals surface area (Å²) >= 11 is 5.86. The summed E-state index contributed by atoms with van der Waals surface area (Å²) in [6.07, 6.45) is -6.33. The molecule has 1 fully saturated rings. The van der Waals surface area contributed by atoms with Crippen molar-refractivity contribution in [1.29, 1.82) is 0 Å². The molecule has 0 N–H and O–H groups in total. The van der Waals surface area contributed by atoms with Crippen molar-refractivity contribution in [2.24, 2.45) is 23.7 Å². The zero-order valence-electron chi connectivity index (χ0n) is 45.0. The average molecular weight is 1060 g/mol. The number of likely N-dealkylation sites (N-methyl/N-ethyl adjacent to an activating group) is 4. The summed E-state index contributed by atoms with van der Waals surface area (Å²) in [5.74, 6) is -7.10. The smallest absolute Gasteiger partial charge is 0.329 e. The molecule has 0 aliphatic carbocycles. The molecule has 2 aromatic carbocycles. The molecule has 74 heavy (non-hydrogen) atoms. The fraction of sp³-hybridized carbons (Fsp3) is 0.615. The molecule has 1 heterocycles. The molecule has 8 atom stereocenters. The summed E-state index contributed by atoms with van der Waals surface area (Å²) in [6.45, 7) is 17.3. The van der Waals surface area contributed by atoms with Gasteiger partial charge in [0.15, 0.2) is 18.3 Å². The molecule has 21 nitrogen and oxygen atoms in total. The van der Waals surface area contributed by atoms with Gasteiger partial charge in [-0.3, -0.25) is 34.6 Å². The van der Waals surface area contributed by atoms with Crippen LogP contribution in [0.3, 0.4) is 0 Å². The minimum absolute atomic E-state index is 0.0169. The van der Waals surface area contributed by atoms with E-state index in [1.807, 2.05) is 27.7 Å². The van der Waals surface area contributed by atoms with Crippen molar-refractivity contribution in [3.05, 3.63) is 79.9 Å². The van der Waals surface area contributed by atoms with E-state index >= 15 is 0 Å². The number of nitrogens with zero attached hydrogens (tertiary/aromatic N) is 6. The largest absolute Gasteiger partial charge is 0.454 e. The van der Waals surface area contributed by atoms with Crippen molar-refractivity contribution in [2.75, 3.05) is 28.2 Å². The molecule has 22 heteroatoms. The molecule has 2 aromatic rings. The topological polar surface area (TPSA) is 256 Å². The third kappa shape index (κ3) is 17.3. The monoisotopic (exact) mass is 1050 g/mol. The second-order valence-electron chi connectivity index (χ2n) is 20.6. The first kappa shape index (κ1) is 61.7. The molecule has 3 amide bonds. The number of amides is 3. The Kier molecular flexibility index (Phi) is 23.0. The average Bonchev–Trinajstić information content (AvgIpc) is 3.32. The Balaban J connectivity index is 2.29. The molecule has 1 saturated heterocycles. The highest BCUT2D eigenvalue weighted by atomic mass is 32.1. The maximum atomic E-state index is 14.8. The van der Waals surface area contributed by atoms with Crippen LogP contribution >= 0.6 is 12.2 Å². The predicted molar refractivity (Wildman–Crippen MR) is 276 cm³/mol. The molecular weight excluding hydrogens is 981 g/mol. The van der Waals surface area contributed by atoms with Crippen molar-refractivity contribution in [2.45, 2.75) is 156 Å². The number of benzene rings is 2. The molecule has 0 unspecified atom stereocenters. The Morgan fingerprint density at radius 3 is 1.03 bits per heavy atom. The van der Waals surface area contributed by atoms with Crippen molar-refractivity contribution < 1.29 is 62.4 Å². The van der Waals surface area contributed by atoms with Crippen LogP contribution in [0.2, 0.25) is 0 Å². The van der Waals surface area contributed by atoms with Gasteiger partial charge in [-0.15, -0.1) is 0 Å². The Bertz CT molecular complexity index is 2170. The van der Waals surface area contributed by atoms with Crippen LogP contribution < -0.4 is 0 Å². The van der Waals surface area contributed by atoms with Gasteiger partial charge in [-0.1, -0.05) is 91.9 Å². The minimum atomic E-state index is -1.64. The van der Waals surface area contributed by atoms with Gasteiger partial charge < -0.3 is 38.5 Å². The Morgan fingerprint density at radius 1 is 0.459 bits per heavy atom. The normalized spacial score (nSPS) is 24.0. The lowest BCUT2D eigenvalue weighted by Crippen LogP contribution is -2.54. The van der Waals surface area contributed by atoms with Crippen LogP contribution in [-0.4, -0.2) is 153 Å².